The predicted octanol–water partition coefficient (Wildman–Crippen LogP) is 4.04. The zero-order chi connectivity index (χ0) is 20.5. The van der Waals surface area contributed by atoms with Crippen LogP contribution in [0.15, 0.2) is 59.4 Å². The first kappa shape index (κ1) is 19.5. The van der Waals surface area contributed by atoms with Crippen molar-refractivity contribution in [2.75, 3.05) is 5.32 Å². The fourth-order valence-electron chi connectivity index (χ4n) is 3.01. The van der Waals surface area contributed by atoms with E-state index < -0.39 is 11.1 Å². The second-order valence-electron chi connectivity index (χ2n) is 7.37. The summed E-state index contributed by atoms with van der Waals surface area (Å²) < 4.78 is 14.3. The first-order chi connectivity index (χ1) is 13.2. The maximum absolute atomic E-state index is 13.2. The van der Waals surface area contributed by atoms with Gasteiger partial charge in [-0.15, -0.1) is 0 Å². The topological polar surface area (TPSA) is 64.0 Å². The van der Waals surface area contributed by atoms with Gasteiger partial charge >= 0.3 is 0 Å². The van der Waals surface area contributed by atoms with E-state index in [0.717, 1.165) is 15.8 Å². The molecule has 0 saturated carbocycles. The third kappa shape index (κ3) is 4.01. The number of anilines is 1. The van der Waals surface area contributed by atoms with Gasteiger partial charge in [0.15, 0.2) is 0 Å². The molecule has 0 radical (unpaired) electrons. The molecule has 0 aliphatic rings. The lowest BCUT2D eigenvalue weighted by atomic mass is 10.0. The van der Waals surface area contributed by atoms with E-state index in [1.807, 2.05) is 32.0 Å². The van der Waals surface area contributed by atoms with E-state index in [9.17, 15) is 14.0 Å². The van der Waals surface area contributed by atoms with Gasteiger partial charge in [-0.25, -0.2) is 9.07 Å². The number of benzene rings is 2. The molecule has 1 aromatic heterocycles. The molecular weight excluding hydrogens is 357 g/mol. The molecule has 0 bridgehead atoms. The summed E-state index contributed by atoms with van der Waals surface area (Å²) in [5.74, 6) is -0.714. The second-order valence-corrected chi connectivity index (χ2v) is 7.37. The molecule has 3 rings (SSSR count). The number of nitrogens with zero attached hydrogens (tertiary/aromatic N) is 2. The Morgan fingerprint density at radius 2 is 1.61 bits per heavy atom. The van der Waals surface area contributed by atoms with Crippen molar-refractivity contribution in [2.45, 2.75) is 33.2 Å². The molecule has 0 spiro atoms. The molecule has 0 aliphatic carbocycles. The fourth-order valence-corrected chi connectivity index (χ4v) is 3.01. The Kier molecular flexibility index (Phi) is 5.14. The molecule has 144 valence electrons. The average molecular weight is 379 g/mol. The molecule has 5 nitrogen and oxygen atoms in total. The number of aryl methyl sites for hydroxylation is 2. The van der Waals surface area contributed by atoms with Crippen molar-refractivity contribution >= 4 is 11.6 Å². The molecule has 6 heteroatoms. The summed E-state index contributed by atoms with van der Waals surface area (Å²) in [4.78, 5) is 25.4. The van der Waals surface area contributed by atoms with E-state index in [0.29, 0.717) is 16.9 Å². The number of halogens is 1. The first-order valence-electron chi connectivity index (χ1n) is 8.93. The third-order valence-electron chi connectivity index (χ3n) is 4.50. The summed E-state index contributed by atoms with van der Waals surface area (Å²) >= 11 is 0. The van der Waals surface area contributed by atoms with Gasteiger partial charge in [0.25, 0.3) is 11.5 Å². The van der Waals surface area contributed by atoms with Crippen LogP contribution in [0.4, 0.5) is 10.1 Å². The van der Waals surface area contributed by atoms with Gasteiger partial charge in [0.1, 0.15) is 11.4 Å². The SMILES string of the molecule is Cc1cc(C)cc(NC(=O)C(C)(C)n2nc(-c3ccc(F)cc3)ccc2=O)c1. The minimum atomic E-state index is -1.23. The minimum Gasteiger partial charge on any atom is -0.324 e. The van der Waals surface area contributed by atoms with Crippen molar-refractivity contribution in [1.29, 1.82) is 0 Å². The van der Waals surface area contributed by atoms with Crippen LogP contribution in [0.25, 0.3) is 11.3 Å². The molecule has 0 saturated heterocycles. The highest BCUT2D eigenvalue weighted by Crippen LogP contribution is 2.21. The number of carbonyl (C=O) groups excluding carboxylic acids is 1. The second kappa shape index (κ2) is 7.38. The standard InChI is InChI=1S/C22H22FN3O2/c1-14-11-15(2)13-18(12-14)24-21(28)22(3,4)26-20(27)10-9-19(25-26)16-5-7-17(23)8-6-16/h5-13H,1-4H3,(H,24,28). The lowest BCUT2D eigenvalue weighted by molar-refractivity contribution is -0.123. The van der Waals surface area contributed by atoms with Crippen molar-refractivity contribution in [2.24, 2.45) is 0 Å². The number of hydrogen-bond acceptors (Lipinski definition) is 3. The Morgan fingerprint density at radius 3 is 2.21 bits per heavy atom. The van der Waals surface area contributed by atoms with Crippen LogP contribution >= 0.6 is 0 Å². The molecule has 3 aromatic rings. The summed E-state index contributed by atoms with van der Waals surface area (Å²) in [5, 5.41) is 7.23. The quantitative estimate of drug-likeness (QED) is 0.744. The van der Waals surface area contributed by atoms with Crippen molar-refractivity contribution in [3.05, 3.63) is 81.9 Å². The Labute approximate surface area is 162 Å². The summed E-state index contributed by atoms with van der Waals surface area (Å²) in [6, 6.07) is 14.5. The lowest BCUT2D eigenvalue weighted by Gasteiger charge is -2.25. The van der Waals surface area contributed by atoms with Crippen molar-refractivity contribution < 1.29 is 9.18 Å². The number of aromatic nitrogens is 2. The van der Waals surface area contributed by atoms with Gasteiger partial charge in [0.05, 0.1) is 5.69 Å². The summed E-state index contributed by atoms with van der Waals surface area (Å²) in [7, 11) is 0. The maximum atomic E-state index is 13.2. The van der Waals surface area contributed by atoms with Gasteiger partial charge < -0.3 is 5.32 Å². The Bertz CT molecular complexity index is 1070. The summed E-state index contributed by atoms with van der Waals surface area (Å²) in [6.45, 7) is 7.17. The number of hydrogen-bond donors (Lipinski definition) is 1. The summed E-state index contributed by atoms with van der Waals surface area (Å²) in [5.41, 5.74) is 2.23. The molecule has 1 heterocycles. The molecule has 1 N–H and O–H groups in total. The summed E-state index contributed by atoms with van der Waals surface area (Å²) in [6.07, 6.45) is 0. The largest absolute Gasteiger partial charge is 0.324 e. The van der Waals surface area contributed by atoms with Gasteiger partial charge in [-0.05, 0) is 81.3 Å². The van der Waals surface area contributed by atoms with Crippen molar-refractivity contribution in [3.8, 4) is 11.3 Å². The van der Waals surface area contributed by atoms with Crippen LogP contribution in [0.1, 0.15) is 25.0 Å². The van der Waals surface area contributed by atoms with E-state index in [1.165, 1.54) is 18.2 Å². The van der Waals surface area contributed by atoms with Crippen molar-refractivity contribution in [1.82, 2.24) is 9.78 Å². The fraction of sp³-hybridized carbons (Fsp3) is 0.227. The van der Waals surface area contributed by atoms with E-state index in [1.54, 1.807) is 32.0 Å². The Hall–Kier alpha value is -3.28. The van der Waals surface area contributed by atoms with Gasteiger partial charge in [-0.3, -0.25) is 9.59 Å². The van der Waals surface area contributed by atoms with Crippen LogP contribution < -0.4 is 10.9 Å². The normalized spacial score (nSPS) is 11.3. The highest BCUT2D eigenvalue weighted by molar-refractivity contribution is 5.96. The van der Waals surface area contributed by atoms with Crippen molar-refractivity contribution in [3.63, 3.8) is 0 Å². The highest BCUT2D eigenvalue weighted by Gasteiger charge is 2.32. The molecule has 0 aliphatic heterocycles. The molecule has 1 amide bonds. The smallest absolute Gasteiger partial charge is 0.267 e. The van der Waals surface area contributed by atoms with Gasteiger partial charge in [0.2, 0.25) is 0 Å². The number of carbonyl (C=O) groups is 1. The van der Waals surface area contributed by atoms with Crippen LogP contribution in [0.5, 0.6) is 0 Å². The molecule has 0 unspecified atom stereocenters. The van der Waals surface area contributed by atoms with Crippen LogP contribution in [-0.2, 0) is 10.3 Å². The van der Waals surface area contributed by atoms with Crippen LogP contribution in [-0.4, -0.2) is 15.7 Å². The Balaban J connectivity index is 1.96. The highest BCUT2D eigenvalue weighted by atomic mass is 19.1. The van der Waals surface area contributed by atoms with Gasteiger partial charge in [0, 0.05) is 17.3 Å². The lowest BCUT2D eigenvalue weighted by Crippen LogP contribution is -2.47. The number of rotatable bonds is 4. The van der Waals surface area contributed by atoms with E-state index >= 15 is 0 Å². The number of amides is 1. The molecule has 0 fully saturated rings. The monoisotopic (exact) mass is 379 g/mol. The molecule has 2 aromatic carbocycles. The minimum absolute atomic E-state index is 0.356. The van der Waals surface area contributed by atoms with Crippen LogP contribution in [0.2, 0.25) is 0 Å². The predicted molar refractivity (Wildman–Crippen MR) is 108 cm³/mol. The third-order valence-corrected chi connectivity index (χ3v) is 4.50. The van der Waals surface area contributed by atoms with E-state index in [4.69, 9.17) is 0 Å². The first-order valence-corrected chi connectivity index (χ1v) is 8.93. The molecule has 0 atom stereocenters. The maximum Gasteiger partial charge on any atom is 0.267 e. The van der Waals surface area contributed by atoms with Gasteiger partial charge in [-0.1, -0.05) is 6.07 Å². The van der Waals surface area contributed by atoms with Gasteiger partial charge in [-0.2, -0.15) is 5.10 Å². The van der Waals surface area contributed by atoms with Crippen LogP contribution in [0, 0.1) is 19.7 Å². The molecule has 28 heavy (non-hydrogen) atoms. The van der Waals surface area contributed by atoms with E-state index in [-0.39, 0.29) is 11.7 Å². The van der Waals surface area contributed by atoms with E-state index in [2.05, 4.69) is 10.4 Å². The number of nitrogens with one attached hydrogen (secondary N) is 1. The average Bonchev–Trinajstić information content (AvgIpc) is 2.62. The zero-order valence-corrected chi connectivity index (χ0v) is 16.3. The Morgan fingerprint density at radius 1 is 1.00 bits per heavy atom. The molecular formula is C22H22FN3O2. The van der Waals surface area contributed by atoms with Crippen LogP contribution in [0.3, 0.4) is 0 Å². The zero-order valence-electron chi connectivity index (χ0n) is 16.3.